The predicted molar refractivity (Wildman–Crippen MR) is 90.7 cm³/mol. The molecule has 1 unspecified atom stereocenters. The van der Waals surface area contributed by atoms with Crippen LogP contribution in [0, 0.1) is 12.3 Å². The lowest BCUT2D eigenvalue weighted by Crippen LogP contribution is -2.29. The average Bonchev–Trinajstić information content (AvgIpc) is 2.53. The number of carbonyl (C=O) groups excluding carboxylic acids is 1. The van der Waals surface area contributed by atoms with Gasteiger partial charge in [-0.25, -0.2) is 4.79 Å². The van der Waals surface area contributed by atoms with E-state index in [2.05, 4.69) is 19.4 Å². The molecule has 22 heavy (non-hydrogen) atoms. The van der Waals surface area contributed by atoms with Crippen molar-refractivity contribution >= 4 is 12.2 Å². The first kappa shape index (κ1) is 17.8. The van der Waals surface area contributed by atoms with Crippen LogP contribution >= 0.6 is 0 Å². The maximum atomic E-state index is 12.0. The van der Waals surface area contributed by atoms with E-state index in [1.165, 1.54) is 4.90 Å². The number of hydrogen-bond acceptors (Lipinski definition) is 3. The Labute approximate surface area is 133 Å². The van der Waals surface area contributed by atoms with Crippen molar-refractivity contribution in [3.8, 4) is 18.1 Å². The van der Waals surface area contributed by atoms with Gasteiger partial charge in [0.15, 0.2) is 0 Å². The van der Waals surface area contributed by atoms with E-state index in [1.54, 1.807) is 13.1 Å². The second kappa shape index (κ2) is 8.26. The molecule has 0 aliphatic heterocycles. The molecule has 0 aromatic heterocycles. The summed E-state index contributed by atoms with van der Waals surface area (Å²) in [4.78, 5) is 15.5. The third-order valence-electron chi connectivity index (χ3n) is 3.73. The lowest BCUT2D eigenvalue weighted by Gasteiger charge is -2.24. The van der Waals surface area contributed by atoms with E-state index in [9.17, 15) is 4.79 Å². The van der Waals surface area contributed by atoms with Crippen molar-refractivity contribution in [2.45, 2.75) is 19.9 Å². The smallest absolute Gasteiger partial charge is 0.410 e. The summed E-state index contributed by atoms with van der Waals surface area (Å²) in [5.74, 6) is 3.14. The van der Waals surface area contributed by atoms with Crippen LogP contribution in [0.25, 0.3) is 6.08 Å². The third-order valence-corrected chi connectivity index (χ3v) is 3.73. The summed E-state index contributed by atoms with van der Waals surface area (Å²) in [6, 6.07) is 5.89. The molecule has 0 aliphatic rings. The highest BCUT2D eigenvalue weighted by Gasteiger charge is 2.16. The average molecular weight is 300 g/mol. The molecule has 1 aromatic carbocycles. The standard InChI is InChI=1S/C18H24N2O2/c1-7-12-20(6)14(4)16-11-10-15(8-2)17(13-16)22-18(21)19(5)9-3/h1,8,10-11,13-14H,2,9,12H2,3-6H3. The van der Waals surface area contributed by atoms with Crippen molar-refractivity contribution < 1.29 is 9.53 Å². The number of ether oxygens (including phenoxy) is 1. The van der Waals surface area contributed by atoms with Crippen LogP contribution in [0.15, 0.2) is 24.8 Å². The van der Waals surface area contributed by atoms with Gasteiger partial charge < -0.3 is 9.64 Å². The molecule has 0 saturated carbocycles. The number of hydrogen-bond donors (Lipinski definition) is 0. The Bertz CT molecular complexity index is 575. The minimum atomic E-state index is -0.382. The van der Waals surface area contributed by atoms with Gasteiger partial charge in [-0.15, -0.1) is 6.42 Å². The summed E-state index contributed by atoms with van der Waals surface area (Å²) >= 11 is 0. The largest absolute Gasteiger partial charge is 0.414 e. The van der Waals surface area contributed by atoms with Crippen LogP contribution in [-0.2, 0) is 0 Å². The van der Waals surface area contributed by atoms with Crippen LogP contribution in [0.2, 0.25) is 0 Å². The molecule has 118 valence electrons. The first-order chi connectivity index (χ1) is 10.4. The SMILES string of the molecule is C#CCN(C)C(C)c1ccc(C=C)c(OC(=O)N(C)CC)c1. The lowest BCUT2D eigenvalue weighted by atomic mass is 10.0. The molecular weight excluding hydrogens is 276 g/mol. The first-order valence-electron chi connectivity index (χ1n) is 7.27. The molecule has 1 aromatic rings. The summed E-state index contributed by atoms with van der Waals surface area (Å²) in [6.07, 6.45) is 6.65. The normalized spacial score (nSPS) is 11.6. The van der Waals surface area contributed by atoms with Crippen molar-refractivity contribution in [2.75, 3.05) is 27.2 Å². The van der Waals surface area contributed by atoms with Crippen LogP contribution < -0.4 is 4.74 Å². The van der Waals surface area contributed by atoms with Gasteiger partial charge in [0.25, 0.3) is 0 Å². The minimum absolute atomic E-state index is 0.122. The highest BCUT2D eigenvalue weighted by atomic mass is 16.6. The zero-order valence-electron chi connectivity index (χ0n) is 13.8. The maximum absolute atomic E-state index is 12.0. The number of carbonyl (C=O) groups is 1. The Hall–Kier alpha value is -2.25. The molecule has 0 radical (unpaired) electrons. The zero-order chi connectivity index (χ0) is 16.7. The van der Waals surface area contributed by atoms with Crippen molar-refractivity contribution in [2.24, 2.45) is 0 Å². The van der Waals surface area contributed by atoms with Crippen molar-refractivity contribution in [1.29, 1.82) is 0 Å². The van der Waals surface area contributed by atoms with Gasteiger partial charge in [0, 0.05) is 25.2 Å². The van der Waals surface area contributed by atoms with E-state index < -0.39 is 0 Å². The molecule has 0 spiro atoms. The summed E-state index contributed by atoms with van der Waals surface area (Å²) in [7, 11) is 3.66. The molecule has 4 nitrogen and oxygen atoms in total. The molecule has 0 fully saturated rings. The Morgan fingerprint density at radius 2 is 2.18 bits per heavy atom. The predicted octanol–water partition coefficient (Wildman–Crippen LogP) is 3.41. The van der Waals surface area contributed by atoms with E-state index in [0.29, 0.717) is 18.8 Å². The number of nitrogens with zero attached hydrogens (tertiary/aromatic N) is 2. The summed E-state index contributed by atoms with van der Waals surface area (Å²) < 4.78 is 5.48. The van der Waals surface area contributed by atoms with Crippen LogP contribution in [0.3, 0.4) is 0 Å². The van der Waals surface area contributed by atoms with Gasteiger partial charge in [-0.3, -0.25) is 4.90 Å². The summed E-state index contributed by atoms with van der Waals surface area (Å²) in [5, 5.41) is 0. The molecule has 1 rings (SSSR count). The number of terminal acetylenes is 1. The molecule has 1 amide bonds. The monoisotopic (exact) mass is 300 g/mol. The fraction of sp³-hybridized carbons (Fsp3) is 0.389. The van der Waals surface area contributed by atoms with Crippen molar-refractivity contribution in [3.63, 3.8) is 0 Å². The van der Waals surface area contributed by atoms with Gasteiger partial charge in [-0.05, 0) is 32.5 Å². The van der Waals surface area contributed by atoms with E-state index in [0.717, 1.165) is 11.1 Å². The van der Waals surface area contributed by atoms with Crippen LogP contribution in [0.5, 0.6) is 5.75 Å². The number of benzene rings is 1. The fourth-order valence-corrected chi connectivity index (χ4v) is 1.90. The second-order valence-electron chi connectivity index (χ2n) is 5.18. The Morgan fingerprint density at radius 3 is 2.73 bits per heavy atom. The summed E-state index contributed by atoms with van der Waals surface area (Å²) in [6.45, 7) is 8.85. The molecular formula is C18H24N2O2. The van der Waals surface area contributed by atoms with Gasteiger partial charge >= 0.3 is 6.09 Å². The van der Waals surface area contributed by atoms with Crippen LogP contribution in [-0.4, -0.2) is 43.1 Å². The fourth-order valence-electron chi connectivity index (χ4n) is 1.90. The zero-order valence-corrected chi connectivity index (χ0v) is 13.8. The van der Waals surface area contributed by atoms with E-state index >= 15 is 0 Å². The Morgan fingerprint density at radius 1 is 1.50 bits per heavy atom. The highest BCUT2D eigenvalue weighted by Crippen LogP contribution is 2.27. The van der Waals surface area contributed by atoms with Crippen molar-refractivity contribution in [3.05, 3.63) is 35.9 Å². The first-order valence-corrected chi connectivity index (χ1v) is 7.27. The third kappa shape index (κ3) is 4.37. The second-order valence-corrected chi connectivity index (χ2v) is 5.18. The van der Waals surface area contributed by atoms with Gasteiger partial charge in [0.2, 0.25) is 0 Å². The van der Waals surface area contributed by atoms with E-state index in [-0.39, 0.29) is 12.1 Å². The minimum Gasteiger partial charge on any atom is -0.410 e. The molecule has 0 saturated heterocycles. The molecule has 4 heteroatoms. The van der Waals surface area contributed by atoms with Gasteiger partial charge in [0.05, 0.1) is 6.54 Å². The van der Waals surface area contributed by atoms with Crippen molar-refractivity contribution in [1.82, 2.24) is 9.80 Å². The molecule has 0 aliphatic carbocycles. The summed E-state index contributed by atoms with van der Waals surface area (Å²) in [5.41, 5.74) is 1.82. The van der Waals surface area contributed by atoms with Gasteiger partial charge in [0.1, 0.15) is 5.75 Å². The highest BCUT2D eigenvalue weighted by molar-refractivity contribution is 5.72. The van der Waals surface area contributed by atoms with E-state index in [4.69, 9.17) is 11.2 Å². The van der Waals surface area contributed by atoms with Gasteiger partial charge in [-0.1, -0.05) is 30.7 Å². The topological polar surface area (TPSA) is 32.8 Å². The molecule has 0 N–H and O–H groups in total. The van der Waals surface area contributed by atoms with Crippen LogP contribution in [0.1, 0.15) is 31.0 Å². The maximum Gasteiger partial charge on any atom is 0.414 e. The lowest BCUT2D eigenvalue weighted by molar-refractivity contribution is 0.165. The molecule has 0 bridgehead atoms. The van der Waals surface area contributed by atoms with E-state index in [1.807, 2.05) is 37.1 Å². The molecule has 1 atom stereocenters. The van der Waals surface area contributed by atoms with Crippen LogP contribution in [0.4, 0.5) is 4.79 Å². The number of rotatable bonds is 6. The Kier molecular flexibility index (Phi) is 6.68. The molecule has 0 heterocycles. The Balaban J connectivity index is 3.06. The number of amides is 1. The van der Waals surface area contributed by atoms with Gasteiger partial charge in [-0.2, -0.15) is 0 Å². The quantitative estimate of drug-likeness (QED) is 0.755.